The number of benzene rings is 3. The van der Waals surface area contributed by atoms with Crippen molar-refractivity contribution in [3.63, 3.8) is 0 Å². The normalized spacial score (nSPS) is 15.2. The first-order chi connectivity index (χ1) is 16.3. The van der Waals surface area contributed by atoms with Crippen LogP contribution < -0.4 is 4.31 Å². The van der Waals surface area contributed by atoms with Crippen LogP contribution >= 0.6 is 0 Å². The summed E-state index contributed by atoms with van der Waals surface area (Å²) in [7, 11) is -3.87. The van der Waals surface area contributed by atoms with Gasteiger partial charge in [-0.3, -0.25) is 19.3 Å². The first-order valence-corrected chi connectivity index (χ1v) is 12.5. The highest BCUT2D eigenvalue weighted by molar-refractivity contribution is 7.92. The van der Waals surface area contributed by atoms with Crippen LogP contribution in [0, 0.1) is 22.9 Å². The van der Waals surface area contributed by atoms with E-state index < -0.39 is 15.8 Å². The predicted molar refractivity (Wildman–Crippen MR) is 129 cm³/mol. The highest BCUT2D eigenvalue weighted by Crippen LogP contribution is 2.31. The third-order valence-electron chi connectivity index (χ3n) is 6.13. The van der Waals surface area contributed by atoms with Crippen LogP contribution in [0.4, 0.5) is 15.8 Å². The molecule has 0 bridgehead atoms. The Kier molecular flexibility index (Phi) is 6.95. The van der Waals surface area contributed by atoms with Crippen LogP contribution in [-0.2, 0) is 16.6 Å². The zero-order valence-electron chi connectivity index (χ0n) is 18.8. The minimum atomic E-state index is -3.87. The van der Waals surface area contributed by atoms with Crippen molar-refractivity contribution in [2.45, 2.75) is 37.2 Å². The Labute approximate surface area is 198 Å². The maximum absolute atomic E-state index is 13.7. The van der Waals surface area contributed by atoms with Gasteiger partial charge in [0, 0.05) is 37.3 Å². The number of likely N-dealkylation sites (tertiary alicyclic amines) is 1. The number of aryl methyl sites for hydroxylation is 1. The average molecular weight is 484 g/mol. The van der Waals surface area contributed by atoms with E-state index in [-0.39, 0.29) is 21.5 Å². The molecule has 178 valence electrons. The van der Waals surface area contributed by atoms with E-state index in [2.05, 4.69) is 4.90 Å². The summed E-state index contributed by atoms with van der Waals surface area (Å²) in [5.41, 5.74) is 2.09. The first-order valence-electron chi connectivity index (χ1n) is 11.1. The molecule has 3 aromatic rings. The van der Waals surface area contributed by atoms with E-state index in [1.165, 1.54) is 34.6 Å². The molecule has 1 heterocycles. The molecular formula is C25H26FN3O4S. The molecule has 3 aromatic carbocycles. The second kappa shape index (κ2) is 9.90. The topological polar surface area (TPSA) is 83.8 Å². The van der Waals surface area contributed by atoms with E-state index in [9.17, 15) is 22.9 Å². The number of anilines is 1. The second-order valence-corrected chi connectivity index (χ2v) is 10.3. The quantitative estimate of drug-likeness (QED) is 0.353. The molecule has 0 radical (unpaired) electrons. The van der Waals surface area contributed by atoms with Crippen molar-refractivity contribution in [1.82, 2.24) is 4.90 Å². The molecule has 4 rings (SSSR count). The maximum atomic E-state index is 13.7. The van der Waals surface area contributed by atoms with Gasteiger partial charge in [0.15, 0.2) is 0 Å². The molecule has 0 unspecified atom stereocenters. The molecule has 34 heavy (non-hydrogen) atoms. The second-order valence-electron chi connectivity index (χ2n) is 8.48. The van der Waals surface area contributed by atoms with Gasteiger partial charge in [-0.05, 0) is 56.2 Å². The fourth-order valence-corrected chi connectivity index (χ4v) is 6.04. The molecule has 1 fully saturated rings. The van der Waals surface area contributed by atoms with Gasteiger partial charge in [0.1, 0.15) is 5.82 Å². The fraction of sp³-hybridized carbons (Fsp3) is 0.280. The minimum Gasteiger partial charge on any atom is -0.299 e. The zero-order chi connectivity index (χ0) is 24.3. The number of para-hydroxylation sites is 1. The lowest BCUT2D eigenvalue weighted by Crippen LogP contribution is -2.47. The third kappa shape index (κ3) is 5.10. The van der Waals surface area contributed by atoms with Gasteiger partial charge in [-0.1, -0.05) is 35.9 Å². The molecule has 0 atom stereocenters. The van der Waals surface area contributed by atoms with Gasteiger partial charge in [-0.25, -0.2) is 12.8 Å². The molecule has 0 amide bonds. The number of sulfonamides is 1. The van der Waals surface area contributed by atoms with E-state index in [1.54, 1.807) is 42.5 Å². The molecule has 0 saturated carbocycles. The zero-order valence-corrected chi connectivity index (χ0v) is 19.6. The van der Waals surface area contributed by atoms with Crippen LogP contribution in [0.1, 0.15) is 24.0 Å². The summed E-state index contributed by atoms with van der Waals surface area (Å²) in [6.45, 7) is 3.47. The summed E-state index contributed by atoms with van der Waals surface area (Å²) in [4.78, 5) is 13.2. The minimum absolute atomic E-state index is 0.0829. The van der Waals surface area contributed by atoms with Crippen LogP contribution in [0.25, 0.3) is 0 Å². The Morgan fingerprint density at radius 2 is 1.62 bits per heavy atom. The Bertz CT molecular complexity index is 1260. The van der Waals surface area contributed by atoms with Gasteiger partial charge in [0.05, 0.1) is 15.5 Å². The monoisotopic (exact) mass is 483 g/mol. The van der Waals surface area contributed by atoms with Crippen LogP contribution in [0.15, 0.2) is 77.7 Å². The summed E-state index contributed by atoms with van der Waals surface area (Å²) in [6, 6.07) is 18.5. The Balaban J connectivity index is 1.57. The lowest BCUT2D eigenvalue weighted by atomic mass is 10.0. The Hall–Kier alpha value is -3.30. The van der Waals surface area contributed by atoms with Gasteiger partial charge in [0.25, 0.3) is 15.7 Å². The van der Waals surface area contributed by atoms with E-state index in [0.717, 1.165) is 5.56 Å². The lowest BCUT2D eigenvalue weighted by Gasteiger charge is -2.39. The summed E-state index contributed by atoms with van der Waals surface area (Å²) < 4.78 is 42.3. The van der Waals surface area contributed by atoms with Crippen molar-refractivity contribution in [3.8, 4) is 0 Å². The third-order valence-corrected chi connectivity index (χ3v) is 8.02. The van der Waals surface area contributed by atoms with E-state index in [1.807, 2.05) is 6.92 Å². The van der Waals surface area contributed by atoms with Crippen LogP contribution in [0.3, 0.4) is 0 Å². The van der Waals surface area contributed by atoms with Crippen molar-refractivity contribution in [3.05, 3.63) is 99.9 Å². The summed E-state index contributed by atoms with van der Waals surface area (Å²) >= 11 is 0. The largest absolute Gasteiger partial charge is 0.299 e. The standard InChI is InChI=1S/C25H26FN3O4S/c1-19-6-12-24(13-7-19)34(32,33)28(22-10-8-21(26)9-11-22)23-14-16-27(17-15-23)18-20-4-2-3-5-25(20)29(30)31/h2-13,23H,14-18H2,1H3. The van der Waals surface area contributed by atoms with E-state index in [4.69, 9.17) is 0 Å². The molecule has 0 N–H and O–H groups in total. The number of halogens is 1. The summed E-state index contributed by atoms with van der Waals surface area (Å²) in [6.07, 6.45) is 1.09. The Morgan fingerprint density at radius 3 is 2.24 bits per heavy atom. The van der Waals surface area contributed by atoms with Gasteiger partial charge < -0.3 is 0 Å². The van der Waals surface area contributed by atoms with Gasteiger partial charge in [-0.15, -0.1) is 0 Å². The van der Waals surface area contributed by atoms with Gasteiger partial charge >= 0.3 is 0 Å². The highest BCUT2D eigenvalue weighted by atomic mass is 32.2. The molecule has 1 aliphatic rings. The van der Waals surface area contributed by atoms with E-state index in [0.29, 0.717) is 43.7 Å². The van der Waals surface area contributed by atoms with Crippen molar-refractivity contribution in [1.29, 1.82) is 0 Å². The van der Waals surface area contributed by atoms with Crippen molar-refractivity contribution in [2.24, 2.45) is 0 Å². The molecule has 7 nitrogen and oxygen atoms in total. The summed E-state index contributed by atoms with van der Waals surface area (Å²) in [5.74, 6) is -0.435. The fourth-order valence-electron chi connectivity index (χ4n) is 4.33. The number of hydrogen-bond donors (Lipinski definition) is 0. The van der Waals surface area contributed by atoms with E-state index >= 15 is 0 Å². The number of rotatable bonds is 7. The molecule has 9 heteroatoms. The summed E-state index contributed by atoms with van der Waals surface area (Å²) in [5, 5.41) is 11.3. The SMILES string of the molecule is Cc1ccc(S(=O)(=O)N(c2ccc(F)cc2)C2CCN(Cc3ccccc3[N+](=O)[O-])CC2)cc1. The smallest absolute Gasteiger partial charge is 0.273 e. The molecule has 0 aliphatic carbocycles. The number of hydrogen-bond acceptors (Lipinski definition) is 5. The lowest BCUT2D eigenvalue weighted by molar-refractivity contribution is -0.385. The van der Waals surface area contributed by atoms with Crippen molar-refractivity contribution >= 4 is 21.4 Å². The van der Waals surface area contributed by atoms with Crippen LogP contribution in [-0.4, -0.2) is 37.4 Å². The van der Waals surface area contributed by atoms with Crippen LogP contribution in [0.5, 0.6) is 0 Å². The Morgan fingerprint density at radius 1 is 1.00 bits per heavy atom. The molecular weight excluding hydrogens is 457 g/mol. The molecule has 1 saturated heterocycles. The number of nitrogens with zero attached hydrogens (tertiary/aromatic N) is 3. The van der Waals surface area contributed by atoms with Crippen molar-refractivity contribution < 1.29 is 17.7 Å². The number of nitro groups is 1. The highest BCUT2D eigenvalue weighted by Gasteiger charge is 2.34. The van der Waals surface area contributed by atoms with Crippen molar-refractivity contribution in [2.75, 3.05) is 17.4 Å². The predicted octanol–water partition coefficient (Wildman–Crippen LogP) is 4.90. The molecule has 1 aliphatic heterocycles. The first kappa shape index (κ1) is 23.8. The molecule has 0 spiro atoms. The van der Waals surface area contributed by atoms with Gasteiger partial charge in [0.2, 0.25) is 0 Å². The average Bonchev–Trinajstić information content (AvgIpc) is 2.82. The maximum Gasteiger partial charge on any atom is 0.273 e. The molecule has 0 aromatic heterocycles. The number of nitro benzene ring substituents is 1. The number of piperidine rings is 1. The van der Waals surface area contributed by atoms with Gasteiger partial charge in [-0.2, -0.15) is 0 Å². The van der Waals surface area contributed by atoms with Crippen LogP contribution in [0.2, 0.25) is 0 Å².